The molecule has 5 rings (SSSR count). The van der Waals surface area contributed by atoms with Gasteiger partial charge in [-0.15, -0.1) is 0 Å². The molecule has 1 amide bonds. The van der Waals surface area contributed by atoms with Gasteiger partial charge in [-0.2, -0.15) is 0 Å². The number of ether oxygens (including phenoxy) is 1. The summed E-state index contributed by atoms with van der Waals surface area (Å²) >= 11 is 6.04. The molecule has 1 aromatic heterocycles. The Morgan fingerprint density at radius 2 is 1.68 bits per heavy atom. The van der Waals surface area contributed by atoms with Gasteiger partial charge in [-0.25, -0.2) is 0 Å². The third-order valence-electron chi connectivity index (χ3n) is 6.26. The summed E-state index contributed by atoms with van der Waals surface area (Å²) in [5.41, 5.74) is 3.38. The Bertz CT molecular complexity index is 1490. The van der Waals surface area contributed by atoms with Gasteiger partial charge < -0.3 is 9.84 Å². The van der Waals surface area contributed by atoms with Crippen molar-refractivity contribution < 1.29 is 19.4 Å². The van der Waals surface area contributed by atoms with Crippen molar-refractivity contribution in [1.82, 2.24) is 4.98 Å². The molecule has 0 saturated carbocycles. The number of carbonyl (C=O) groups excluding carboxylic acids is 2. The zero-order valence-electron chi connectivity index (χ0n) is 20.0. The third kappa shape index (κ3) is 4.84. The van der Waals surface area contributed by atoms with Gasteiger partial charge in [0.05, 0.1) is 11.6 Å². The van der Waals surface area contributed by atoms with Crippen LogP contribution in [0.25, 0.3) is 5.76 Å². The number of carbonyl (C=O) groups is 2. The van der Waals surface area contributed by atoms with Crippen LogP contribution in [0.15, 0.2) is 103 Å². The van der Waals surface area contributed by atoms with E-state index in [1.165, 1.54) is 4.90 Å². The molecule has 4 aromatic rings. The minimum atomic E-state index is -0.835. The number of Topliss-reactive ketones (excluding diaryl/α,β-unsaturated/α-hetero) is 1. The first-order valence-electron chi connectivity index (χ1n) is 11.7. The zero-order chi connectivity index (χ0) is 25.9. The van der Waals surface area contributed by atoms with Crippen molar-refractivity contribution in [3.05, 3.63) is 130 Å². The van der Waals surface area contributed by atoms with Crippen LogP contribution in [-0.4, -0.2) is 21.8 Å². The van der Waals surface area contributed by atoms with Crippen LogP contribution in [0.4, 0.5) is 5.69 Å². The normalized spacial score (nSPS) is 16.7. The number of nitrogens with zero attached hydrogens (tertiary/aromatic N) is 2. The number of rotatable bonds is 6. The summed E-state index contributed by atoms with van der Waals surface area (Å²) < 4.78 is 5.95. The Hall–Kier alpha value is -4.42. The molecule has 1 fully saturated rings. The van der Waals surface area contributed by atoms with Crippen LogP contribution in [0.2, 0.25) is 5.02 Å². The monoisotopic (exact) mass is 510 g/mol. The number of benzene rings is 3. The van der Waals surface area contributed by atoms with E-state index in [0.717, 1.165) is 11.1 Å². The summed E-state index contributed by atoms with van der Waals surface area (Å²) in [5.74, 6) is -1.09. The number of aliphatic hydroxyl groups excluding tert-OH is 1. The molecule has 6 nitrogen and oxygen atoms in total. The minimum absolute atomic E-state index is 0.00324. The van der Waals surface area contributed by atoms with Crippen molar-refractivity contribution in [2.45, 2.75) is 19.6 Å². The first kappa shape index (κ1) is 24.3. The van der Waals surface area contributed by atoms with Gasteiger partial charge in [-0.3, -0.25) is 19.5 Å². The number of hydrogen-bond acceptors (Lipinski definition) is 5. The smallest absolute Gasteiger partial charge is 0.300 e. The average molecular weight is 511 g/mol. The number of pyridine rings is 1. The maximum absolute atomic E-state index is 13.3. The van der Waals surface area contributed by atoms with E-state index in [2.05, 4.69) is 4.98 Å². The van der Waals surface area contributed by atoms with Crippen molar-refractivity contribution in [3.8, 4) is 5.75 Å². The van der Waals surface area contributed by atoms with Crippen molar-refractivity contribution in [3.63, 3.8) is 0 Å². The number of anilines is 1. The van der Waals surface area contributed by atoms with E-state index in [1.54, 1.807) is 67.0 Å². The molecule has 184 valence electrons. The van der Waals surface area contributed by atoms with Gasteiger partial charge >= 0.3 is 0 Å². The van der Waals surface area contributed by atoms with Gasteiger partial charge in [0.15, 0.2) is 0 Å². The average Bonchev–Trinajstić information content (AvgIpc) is 3.19. The minimum Gasteiger partial charge on any atom is -0.507 e. The lowest BCUT2D eigenvalue weighted by atomic mass is 9.95. The predicted octanol–water partition coefficient (Wildman–Crippen LogP) is 6.25. The van der Waals surface area contributed by atoms with Gasteiger partial charge in [0, 0.05) is 28.7 Å². The fourth-order valence-electron chi connectivity index (χ4n) is 4.41. The number of aryl methyl sites for hydroxylation is 1. The Morgan fingerprint density at radius 1 is 0.973 bits per heavy atom. The molecule has 0 radical (unpaired) electrons. The summed E-state index contributed by atoms with van der Waals surface area (Å²) in [6.45, 7) is 2.27. The van der Waals surface area contributed by atoms with Gasteiger partial charge in [0.1, 0.15) is 18.1 Å². The highest BCUT2D eigenvalue weighted by molar-refractivity contribution is 6.51. The Balaban J connectivity index is 1.54. The van der Waals surface area contributed by atoms with Crippen LogP contribution < -0.4 is 9.64 Å². The van der Waals surface area contributed by atoms with Crippen LogP contribution >= 0.6 is 11.6 Å². The molecule has 1 atom stereocenters. The highest BCUT2D eigenvalue weighted by atomic mass is 35.5. The van der Waals surface area contributed by atoms with Crippen molar-refractivity contribution in [2.75, 3.05) is 4.90 Å². The van der Waals surface area contributed by atoms with E-state index in [1.807, 2.05) is 37.3 Å². The van der Waals surface area contributed by atoms with Gasteiger partial charge in [-0.1, -0.05) is 41.9 Å². The van der Waals surface area contributed by atoms with E-state index in [4.69, 9.17) is 16.3 Å². The van der Waals surface area contributed by atoms with Crippen LogP contribution in [0.3, 0.4) is 0 Å². The lowest BCUT2D eigenvalue weighted by molar-refractivity contribution is -0.132. The second-order valence-corrected chi connectivity index (χ2v) is 9.12. The van der Waals surface area contributed by atoms with Crippen molar-refractivity contribution >= 4 is 34.7 Å². The number of aromatic nitrogens is 1. The van der Waals surface area contributed by atoms with Crippen molar-refractivity contribution in [1.29, 1.82) is 0 Å². The fraction of sp³-hybridized carbons (Fsp3) is 0.100. The van der Waals surface area contributed by atoms with E-state index >= 15 is 0 Å². The molecule has 1 saturated heterocycles. The molecule has 0 bridgehead atoms. The quantitative estimate of drug-likeness (QED) is 0.188. The maximum Gasteiger partial charge on any atom is 0.300 e. The van der Waals surface area contributed by atoms with Gasteiger partial charge in [0.2, 0.25) is 0 Å². The maximum atomic E-state index is 13.3. The van der Waals surface area contributed by atoms with Crippen LogP contribution in [0.1, 0.15) is 28.3 Å². The summed E-state index contributed by atoms with van der Waals surface area (Å²) in [4.78, 5) is 31.9. The number of ketones is 1. The van der Waals surface area contributed by atoms with E-state index in [0.29, 0.717) is 34.2 Å². The highest BCUT2D eigenvalue weighted by Gasteiger charge is 2.47. The Labute approximate surface area is 219 Å². The summed E-state index contributed by atoms with van der Waals surface area (Å²) in [6.07, 6.45) is 3.17. The molecular formula is C30H23ClN2O4. The lowest BCUT2D eigenvalue weighted by Crippen LogP contribution is -2.29. The number of amides is 1. The zero-order valence-corrected chi connectivity index (χ0v) is 20.7. The van der Waals surface area contributed by atoms with Crippen molar-refractivity contribution in [2.24, 2.45) is 0 Å². The number of halogens is 1. The number of aliphatic hydroxyl groups is 1. The Morgan fingerprint density at radius 3 is 2.35 bits per heavy atom. The summed E-state index contributed by atoms with van der Waals surface area (Å²) in [7, 11) is 0. The molecule has 1 aliphatic rings. The van der Waals surface area contributed by atoms with E-state index in [-0.39, 0.29) is 11.3 Å². The molecule has 0 spiro atoms. The second kappa shape index (κ2) is 10.3. The standard InChI is InChI=1S/C30H23ClN2O4/c1-19-17-22(7-12-25(19)37-18-20-5-3-2-4-6-20)28(34)26-27(21-13-15-32-16-14-21)33(30(36)29(26)35)24-10-8-23(31)9-11-24/h2-17,27,34H,18H2,1H3/b28-26-. The molecular weight excluding hydrogens is 488 g/mol. The van der Waals surface area contributed by atoms with Gasteiger partial charge in [0.25, 0.3) is 11.7 Å². The molecule has 3 aromatic carbocycles. The predicted molar refractivity (Wildman–Crippen MR) is 142 cm³/mol. The van der Waals surface area contributed by atoms with E-state index < -0.39 is 17.7 Å². The summed E-state index contributed by atoms with van der Waals surface area (Å²) in [5, 5.41) is 11.9. The fourth-order valence-corrected chi connectivity index (χ4v) is 4.54. The van der Waals surface area contributed by atoms with Crippen LogP contribution in [0, 0.1) is 6.92 Å². The molecule has 1 unspecified atom stereocenters. The van der Waals surface area contributed by atoms with Gasteiger partial charge in [-0.05, 0) is 78.2 Å². The first-order valence-corrected chi connectivity index (χ1v) is 12.1. The van der Waals surface area contributed by atoms with E-state index in [9.17, 15) is 14.7 Å². The van der Waals surface area contributed by atoms with Crippen LogP contribution in [-0.2, 0) is 16.2 Å². The molecule has 1 N–H and O–H groups in total. The Kier molecular flexibility index (Phi) is 6.75. The molecule has 7 heteroatoms. The summed E-state index contributed by atoms with van der Waals surface area (Å²) in [6, 6.07) is 24.2. The largest absolute Gasteiger partial charge is 0.507 e. The molecule has 37 heavy (non-hydrogen) atoms. The molecule has 0 aliphatic carbocycles. The topological polar surface area (TPSA) is 79.7 Å². The molecule has 1 aliphatic heterocycles. The third-order valence-corrected chi connectivity index (χ3v) is 6.51. The first-order chi connectivity index (χ1) is 17.9. The highest BCUT2D eigenvalue weighted by Crippen LogP contribution is 2.42. The second-order valence-electron chi connectivity index (χ2n) is 8.68. The lowest BCUT2D eigenvalue weighted by Gasteiger charge is -2.25. The SMILES string of the molecule is Cc1cc(/C(O)=C2/C(=O)C(=O)N(c3ccc(Cl)cc3)C2c2ccncc2)ccc1OCc1ccccc1. The number of hydrogen-bond donors (Lipinski definition) is 1. The molecule has 2 heterocycles. The van der Waals surface area contributed by atoms with Crippen LogP contribution in [0.5, 0.6) is 5.75 Å².